The highest BCUT2D eigenvalue weighted by Gasteiger charge is 2.55. The number of cyclic esters (lactones) is 2. The third kappa shape index (κ3) is 19.7. The molecular weight excluding hydrogens is 1200 g/mol. The fourth-order valence-corrected chi connectivity index (χ4v) is 13.6. The van der Waals surface area contributed by atoms with Gasteiger partial charge in [0.25, 0.3) is 0 Å². The summed E-state index contributed by atoms with van der Waals surface area (Å²) in [5.74, 6) is -6.00. The standard InChI is InChI=1S/C65H107FN6O20/c1-18-48-65(14,81)54(75)38(4)51(69-60(78)92-62(9,10)11)36(2)32-63(12,80)55(90-58-53(86-42(8)73)47(70(15)16)30-37(3)84-58)39(5)52(40(6)57(76)88-48)89-50-33-64(13,82-17)56(41(7)85-50)91-59(77)67-25-21-19-20-22-49(74)68-34-44-35-72(61(79)87-44)43-23-24-46(45(66)31-43)71-26-28-83-29-27-71/h23-24,31,36-41,44,47-48,50-56,58,75,80-81H,18-22,25-30,32-35H2,1-17H3,(H,67,77)(H,68,74)(H,69,78)/t36-,37?,38+,39+,40-,41?,44+,47?,48-,50?,51+,52+,53?,54-,55-,56?,58?,63-,64?,65-/m1/s1. The Bertz CT molecular complexity index is 2630. The fraction of sp³-hybridized carbons (Fsp3) is 0.815. The highest BCUT2D eigenvalue weighted by molar-refractivity contribution is 5.90. The molecule has 26 nitrogen and oxygen atoms in total. The zero-order valence-corrected chi connectivity index (χ0v) is 57.2. The predicted molar refractivity (Wildman–Crippen MR) is 335 cm³/mol. The third-order valence-electron chi connectivity index (χ3n) is 18.6. The maximum atomic E-state index is 15.1. The van der Waals surface area contributed by atoms with Gasteiger partial charge < -0.3 is 93.2 Å². The summed E-state index contributed by atoms with van der Waals surface area (Å²) in [4.78, 5) is 85.6. The van der Waals surface area contributed by atoms with Gasteiger partial charge in [0.2, 0.25) is 5.91 Å². The number of esters is 2. The molecule has 0 saturated carbocycles. The van der Waals surface area contributed by atoms with Gasteiger partial charge in [-0.25, -0.2) is 18.8 Å². The van der Waals surface area contributed by atoms with Gasteiger partial charge in [-0.15, -0.1) is 0 Å². The molecule has 1 aromatic rings. The summed E-state index contributed by atoms with van der Waals surface area (Å²) in [7, 11) is 5.14. The first-order valence-electron chi connectivity index (χ1n) is 32.7. The van der Waals surface area contributed by atoms with Gasteiger partial charge in [0.1, 0.15) is 34.8 Å². The number of nitrogens with zero attached hydrogens (tertiary/aromatic N) is 3. The highest BCUT2D eigenvalue weighted by atomic mass is 19.1. The number of anilines is 2. The number of ether oxygens (including phenoxy) is 11. The summed E-state index contributed by atoms with van der Waals surface area (Å²) in [6, 6.07) is 3.23. The van der Waals surface area contributed by atoms with Gasteiger partial charge in [0.05, 0.1) is 85.8 Å². The number of amides is 4. The lowest BCUT2D eigenvalue weighted by atomic mass is 9.72. The first-order chi connectivity index (χ1) is 43.0. The number of carbonyl (C=O) groups excluding carboxylic acids is 6. The first kappa shape index (κ1) is 75.8. The summed E-state index contributed by atoms with van der Waals surface area (Å²) in [5.41, 5.74) is -5.40. The molecule has 1 aromatic carbocycles. The van der Waals surface area contributed by atoms with Crippen LogP contribution in [-0.2, 0) is 66.5 Å². The smallest absolute Gasteiger partial charge is 0.414 e. The number of unbranched alkanes of at least 4 members (excludes halogenated alkanes) is 2. The summed E-state index contributed by atoms with van der Waals surface area (Å²) >= 11 is 0. The monoisotopic (exact) mass is 1310 g/mol. The van der Waals surface area contributed by atoms with Crippen LogP contribution >= 0.6 is 0 Å². The number of carbonyl (C=O) groups is 6. The quantitative estimate of drug-likeness (QED) is 0.0488. The molecule has 8 unspecified atom stereocenters. The van der Waals surface area contributed by atoms with Crippen LogP contribution in [0.4, 0.5) is 30.1 Å². The van der Waals surface area contributed by atoms with Crippen molar-refractivity contribution in [3.8, 4) is 0 Å². The van der Waals surface area contributed by atoms with Gasteiger partial charge in [0.15, 0.2) is 24.8 Å². The Labute approximate surface area is 542 Å². The molecule has 5 aliphatic rings. The van der Waals surface area contributed by atoms with Crippen molar-refractivity contribution < 1.29 is 101 Å². The minimum absolute atomic E-state index is 0.0561. The van der Waals surface area contributed by atoms with Crippen molar-refractivity contribution in [3.63, 3.8) is 0 Å². The van der Waals surface area contributed by atoms with Gasteiger partial charge in [0, 0.05) is 64.4 Å². The number of hydrogen-bond acceptors (Lipinski definition) is 22. The second-order valence-corrected chi connectivity index (χ2v) is 27.7. The SMILES string of the molecule is CC[C@H]1OC(=O)[C@H](C)[C@@H](OC2CC(C)(OC)C(OC(=O)NCCCCCC(=O)NC[C@H]3CN(c4ccc(N5CCOCC5)c(F)c4)C(=O)O3)C(C)O2)[C@H](C)[C@@H](OC2OC(C)CC(N(C)C)C2OC(C)=O)[C@](C)(O)C[C@@H](C)[C@H](NC(=O)OC(C)(C)C)[C@H](C)[C@@H](O)[C@]1(C)O. The fourth-order valence-electron chi connectivity index (χ4n) is 13.6. The molecule has 4 amide bonds. The maximum Gasteiger partial charge on any atom is 0.414 e. The summed E-state index contributed by atoms with van der Waals surface area (Å²) in [5, 5.41) is 46.2. The molecule has 27 heteroatoms. The number of likely N-dealkylation sites (N-methyl/N-ethyl adjacent to an activating group) is 1. The Morgan fingerprint density at radius 1 is 0.859 bits per heavy atom. The second-order valence-electron chi connectivity index (χ2n) is 27.7. The lowest BCUT2D eigenvalue weighted by molar-refractivity contribution is -0.318. The average molecular weight is 1310 g/mol. The number of benzene rings is 1. The molecule has 6 rings (SSSR count). The molecule has 5 heterocycles. The Balaban J connectivity index is 1.14. The summed E-state index contributed by atoms with van der Waals surface area (Å²) in [6.45, 7) is 25.5. The molecule has 5 fully saturated rings. The molecule has 6 N–H and O–H groups in total. The van der Waals surface area contributed by atoms with E-state index in [0.29, 0.717) is 63.4 Å². The molecule has 0 spiro atoms. The van der Waals surface area contributed by atoms with E-state index >= 15 is 4.39 Å². The zero-order valence-electron chi connectivity index (χ0n) is 57.2. The summed E-state index contributed by atoms with van der Waals surface area (Å²) < 4.78 is 82.9. The zero-order chi connectivity index (χ0) is 68.4. The van der Waals surface area contributed by atoms with Crippen LogP contribution in [0.5, 0.6) is 0 Å². The van der Waals surface area contributed by atoms with E-state index in [-0.39, 0.29) is 51.2 Å². The van der Waals surface area contributed by atoms with Crippen LogP contribution in [0.2, 0.25) is 0 Å². The minimum atomic E-state index is -2.09. The molecule has 20 atom stereocenters. The van der Waals surface area contributed by atoms with Gasteiger partial charge in [-0.05, 0) is 133 Å². The largest absolute Gasteiger partial charge is 0.459 e. The molecule has 5 saturated heterocycles. The Morgan fingerprint density at radius 3 is 2.16 bits per heavy atom. The molecule has 0 aromatic heterocycles. The van der Waals surface area contributed by atoms with Crippen molar-refractivity contribution >= 4 is 47.5 Å². The van der Waals surface area contributed by atoms with E-state index in [1.807, 2.05) is 30.8 Å². The van der Waals surface area contributed by atoms with E-state index in [1.54, 1.807) is 88.3 Å². The van der Waals surface area contributed by atoms with E-state index in [2.05, 4.69) is 16.0 Å². The van der Waals surface area contributed by atoms with Crippen LogP contribution in [0.25, 0.3) is 0 Å². The van der Waals surface area contributed by atoms with Crippen LogP contribution in [0.1, 0.15) is 148 Å². The van der Waals surface area contributed by atoms with Crippen molar-refractivity contribution in [1.82, 2.24) is 20.9 Å². The number of aliphatic hydroxyl groups is 3. The number of nitrogens with one attached hydrogen (secondary N) is 3. The number of halogens is 1. The average Bonchev–Trinajstić information content (AvgIpc) is 0.916. The van der Waals surface area contributed by atoms with Gasteiger partial charge in [-0.1, -0.05) is 34.1 Å². The topological polar surface area (TPSA) is 310 Å². The lowest BCUT2D eigenvalue weighted by Gasteiger charge is -2.50. The van der Waals surface area contributed by atoms with E-state index < -0.39 is 162 Å². The van der Waals surface area contributed by atoms with Crippen molar-refractivity contribution in [2.24, 2.45) is 23.7 Å². The van der Waals surface area contributed by atoms with E-state index in [1.165, 1.54) is 31.9 Å². The Kier molecular flexibility index (Phi) is 26.8. The van der Waals surface area contributed by atoms with E-state index in [4.69, 9.17) is 52.1 Å². The molecule has 0 radical (unpaired) electrons. The molecule has 524 valence electrons. The molecule has 0 aliphatic carbocycles. The van der Waals surface area contributed by atoms with Gasteiger partial charge in [-0.2, -0.15) is 0 Å². The second kappa shape index (κ2) is 32.5. The highest BCUT2D eigenvalue weighted by Crippen LogP contribution is 2.43. The Hall–Kier alpha value is -5.23. The minimum Gasteiger partial charge on any atom is -0.459 e. The van der Waals surface area contributed by atoms with Crippen LogP contribution in [-0.4, -0.2) is 225 Å². The van der Waals surface area contributed by atoms with Crippen molar-refractivity contribution in [2.75, 3.05) is 76.9 Å². The molecule has 0 bridgehead atoms. The summed E-state index contributed by atoms with van der Waals surface area (Å²) in [6.07, 6.45) is -12.0. The Morgan fingerprint density at radius 2 is 1.54 bits per heavy atom. The van der Waals surface area contributed by atoms with Gasteiger partial charge >= 0.3 is 30.2 Å². The van der Waals surface area contributed by atoms with Crippen LogP contribution in [0.15, 0.2) is 18.2 Å². The molecule has 92 heavy (non-hydrogen) atoms. The van der Waals surface area contributed by atoms with Crippen molar-refractivity contribution in [2.45, 2.75) is 250 Å². The van der Waals surface area contributed by atoms with E-state index in [9.17, 15) is 44.1 Å². The number of rotatable bonds is 20. The normalized spacial score (nSPS) is 36.1. The van der Waals surface area contributed by atoms with Crippen molar-refractivity contribution in [1.29, 1.82) is 0 Å². The number of methoxy groups -OCH3 is 1. The number of aliphatic hydroxyl groups excluding tert-OH is 1. The maximum absolute atomic E-state index is 15.1. The van der Waals surface area contributed by atoms with Crippen LogP contribution in [0, 0.1) is 29.5 Å². The third-order valence-corrected chi connectivity index (χ3v) is 18.6. The van der Waals surface area contributed by atoms with Gasteiger partial charge in [-0.3, -0.25) is 19.3 Å². The first-order valence-corrected chi connectivity index (χ1v) is 32.7. The van der Waals surface area contributed by atoms with E-state index in [0.717, 1.165) is 0 Å². The van der Waals surface area contributed by atoms with Crippen LogP contribution in [0.3, 0.4) is 0 Å². The van der Waals surface area contributed by atoms with Crippen LogP contribution < -0.4 is 25.8 Å². The lowest BCUT2D eigenvalue weighted by Crippen LogP contribution is -2.63. The number of alkyl carbamates (subject to hydrolysis) is 2. The molecular formula is C65H107FN6O20. The number of morpholine rings is 1. The number of hydrogen-bond donors (Lipinski definition) is 6. The van der Waals surface area contributed by atoms with Crippen molar-refractivity contribution in [3.05, 3.63) is 24.0 Å². The molecule has 5 aliphatic heterocycles. The predicted octanol–water partition coefficient (Wildman–Crippen LogP) is 6.09.